The number of aromatic amines is 1. The average Bonchev–Trinajstić information content (AvgIpc) is 2.90. The van der Waals surface area contributed by atoms with Crippen molar-refractivity contribution in [3.63, 3.8) is 0 Å². The number of hydrogen-bond donors (Lipinski definition) is 1. The standard InChI is InChI=1S/C13H12ClFN4S/c1-3-18-12-11(7(2)17-18)16-13(20)19(12)10-6-8(15)4-5-9(10)14/h4-6H,3H2,1-2H3,(H,16,20). The molecule has 0 aliphatic carbocycles. The van der Waals surface area contributed by atoms with Gasteiger partial charge in [0, 0.05) is 6.54 Å². The second-order valence-corrected chi connectivity index (χ2v) is 5.25. The number of nitrogens with zero attached hydrogens (tertiary/aromatic N) is 3. The summed E-state index contributed by atoms with van der Waals surface area (Å²) in [6.07, 6.45) is 0. The topological polar surface area (TPSA) is 38.5 Å². The molecule has 104 valence electrons. The number of aromatic nitrogens is 4. The van der Waals surface area contributed by atoms with E-state index in [1.54, 1.807) is 4.57 Å². The van der Waals surface area contributed by atoms with Crippen LogP contribution in [0.3, 0.4) is 0 Å². The highest BCUT2D eigenvalue weighted by Crippen LogP contribution is 2.27. The number of benzene rings is 1. The van der Waals surface area contributed by atoms with Gasteiger partial charge < -0.3 is 4.98 Å². The molecule has 4 nitrogen and oxygen atoms in total. The molecule has 0 amide bonds. The maximum Gasteiger partial charge on any atom is 0.184 e. The van der Waals surface area contributed by atoms with Gasteiger partial charge in [-0.1, -0.05) is 11.6 Å². The number of rotatable bonds is 2. The zero-order chi connectivity index (χ0) is 14.4. The second-order valence-electron chi connectivity index (χ2n) is 4.46. The van der Waals surface area contributed by atoms with Crippen LogP contribution in [0.5, 0.6) is 0 Å². The van der Waals surface area contributed by atoms with Crippen molar-refractivity contribution in [3.8, 4) is 5.69 Å². The Hall–Kier alpha value is -1.66. The Morgan fingerprint density at radius 1 is 1.45 bits per heavy atom. The Kier molecular flexibility index (Phi) is 3.14. The first-order chi connectivity index (χ1) is 9.52. The monoisotopic (exact) mass is 310 g/mol. The van der Waals surface area contributed by atoms with Crippen LogP contribution in [0.15, 0.2) is 18.2 Å². The van der Waals surface area contributed by atoms with E-state index in [4.69, 9.17) is 23.8 Å². The summed E-state index contributed by atoms with van der Waals surface area (Å²) in [6, 6.07) is 4.21. The summed E-state index contributed by atoms with van der Waals surface area (Å²) in [7, 11) is 0. The molecular formula is C13H12ClFN4S. The van der Waals surface area contributed by atoms with Crippen LogP contribution in [0.4, 0.5) is 4.39 Å². The minimum Gasteiger partial charge on any atom is -0.327 e. The van der Waals surface area contributed by atoms with Gasteiger partial charge in [-0.3, -0.25) is 4.57 Å². The Bertz CT molecular complexity index is 861. The van der Waals surface area contributed by atoms with Gasteiger partial charge in [-0.25, -0.2) is 9.07 Å². The SMILES string of the molecule is CCn1nc(C)c2[nH]c(=S)n(-c3cc(F)ccc3Cl)c21. The molecule has 0 aliphatic rings. The smallest absolute Gasteiger partial charge is 0.184 e. The summed E-state index contributed by atoms with van der Waals surface area (Å²) < 4.78 is 17.5. The van der Waals surface area contributed by atoms with Gasteiger partial charge in [-0.15, -0.1) is 0 Å². The first-order valence-corrected chi connectivity index (χ1v) is 6.95. The lowest BCUT2D eigenvalue weighted by atomic mass is 10.3. The van der Waals surface area contributed by atoms with Crippen molar-refractivity contribution in [2.45, 2.75) is 20.4 Å². The van der Waals surface area contributed by atoms with Crippen molar-refractivity contribution < 1.29 is 4.39 Å². The van der Waals surface area contributed by atoms with Crippen LogP contribution < -0.4 is 0 Å². The molecule has 0 fully saturated rings. The third-order valence-corrected chi connectivity index (χ3v) is 3.80. The van der Waals surface area contributed by atoms with E-state index < -0.39 is 0 Å². The molecule has 0 aliphatic heterocycles. The van der Waals surface area contributed by atoms with Crippen LogP contribution in [-0.2, 0) is 6.54 Å². The molecule has 2 aromatic heterocycles. The number of fused-ring (bicyclic) bond motifs is 1. The fraction of sp³-hybridized carbons (Fsp3) is 0.231. The van der Waals surface area contributed by atoms with E-state index in [0.29, 0.717) is 22.0 Å². The van der Waals surface area contributed by atoms with Crippen molar-refractivity contribution in [1.29, 1.82) is 0 Å². The highest BCUT2D eigenvalue weighted by atomic mass is 35.5. The van der Waals surface area contributed by atoms with Crippen LogP contribution in [0.1, 0.15) is 12.6 Å². The molecule has 20 heavy (non-hydrogen) atoms. The predicted molar refractivity (Wildman–Crippen MR) is 79.6 cm³/mol. The van der Waals surface area contributed by atoms with E-state index in [0.717, 1.165) is 16.9 Å². The van der Waals surface area contributed by atoms with E-state index in [1.165, 1.54) is 18.2 Å². The molecule has 3 rings (SSSR count). The fourth-order valence-corrected chi connectivity index (χ4v) is 2.79. The largest absolute Gasteiger partial charge is 0.327 e. The molecule has 0 saturated heterocycles. The summed E-state index contributed by atoms with van der Waals surface area (Å²) >= 11 is 11.5. The van der Waals surface area contributed by atoms with E-state index >= 15 is 0 Å². The Labute approximate surface area is 124 Å². The molecule has 1 aromatic carbocycles. The number of hydrogen-bond acceptors (Lipinski definition) is 2. The molecule has 1 N–H and O–H groups in total. The van der Waals surface area contributed by atoms with Crippen molar-refractivity contribution >= 4 is 35.0 Å². The van der Waals surface area contributed by atoms with E-state index in [-0.39, 0.29) is 5.82 Å². The Morgan fingerprint density at radius 2 is 2.20 bits per heavy atom. The second kappa shape index (κ2) is 4.71. The number of H-pyrrole nitrogens is 1. The molecular weight excluding hydrogens is 299 g/mol. The highest BCUT2D eigenvalue weighted by Gasteiger charge is 2.17. The molecule has 2 heterocycles. The molecule has 0 radical (unpaired) electrons. The summed E-state index contributed by atoms with van der Waals surface area (Å²) in [5, 5.41) is 4.86. The van der Waals surface area contributed by atoms with Gasteiger partial charge in [0.05, 0.1) is 16.4 Å². The van der Waals surface area contributed by atoms with Crippen LogP contribution >= 0.6 is 23.8 Å². The fourth-order valence-electron chi connectivity index (χ4n) is 2.30. The quantitative estimate of drug-likeness (QED) is 0.726. The van der Waals surface area contributed by atoms with Crippen LogP contribution in [0, 0.1) is 17.5 Å². The van der Waals surface area contributed by atoms with Crippen molar-refractivity contribution in [2.75, 3.05) is 0 Å². The van der Waals surface area contributed by atoms with E-state index in [1.807, 2.05) is 18.5 Å². The molecule has 0 unspecified atom stereocenters. The zero-order valence-corrected chi connectivity index (χ0v) is 12.5. The number of nitrogens with one attached hydrogen (secondary N) is 1. The summed E-state index contributed by atoms with van der Waals surface area (Å²) in [4.78, 5) is 3.11. The molecule has 0 atom stereocenters. The number of halogens is 2. The summed E-state index contributed by atoms with van der Waals surface area (Å²) in [5.74, 6) is -0.361. The zero-order valence-electron chi connectivity index (χ0n) is 10.9. The van der Waals surface area contributed by atoms with Gasteiger partial charge >= 0.3 is 0 Å². The lowest BCUT2D eigenvalue weighted by Gasteiger charge is -2.08. The van der Waals surface area contributed by atoms with Crippen molar-refractivity contribution in [2.24, 2.45) is 0 Å². The normalized spacial score (nSPS) is 11.4. The van der Waals surface area contributed by atoms with Crippen LogP contribution in [0.25, 0.3) is 16.9 Å². The third-order valence-electron chi connectivity index (χ3n) is 3.20. The van der Waals surface area contributed by atoms with Crippen LogP contribution in [0.2, 0.25) is 5.02 Å². The maximum absolute atomic E-state index is 13.5. The third kappa shape index (κ3) is 1.87. The summed E-state index contributed by atoms with van der Waals surface area (Å²) in [6.45, 7) is 4.57. The molecule has 3 aromatic rings. The minimum absolute atomic E-state index is 0.361. The summed E-state index contributed by atoms with van der Waals surface area (Å²) in [5.41, 5.74) is 3.00. The van der Waals surface area contributed by atoms with Gasteiger partial charge in [0.25, 0.3) is 0 Å². The minimum atomic E-state index is -0.361. The molecule has 0 bridgehead atoms. The molecule has 0 spiro atoms. The Balaban J connectivity index is 2.44. The Morgan fingerprint density at radius 3 is 2.90 bits per heavy atom. The predicted octanol–water partition coefficient (Wildman–Crippen LogP) is 4.01. The van der Waals surface area contributed by atoms with Crippen molar-refractivity contribution in [1.82, 2.24) is 19.3 Å². The number of aryl methyl sites for hydroxylation is 2. The van der Waals surface area contributed by atoms with Gasteiger partial charge in [0.15, 0.2) is 10.4 Å². The van der Waals surface area contributed by atoms with E-state index in [9.17, 15) is 4.39 Å². The van der Waals surface area contributed by atoms with Gasteiger partial charge in [-0.2, -0.15) is 5.10 Å². The lowest BCUT2D eigenvalue weighted by molar-refractivity contribution is 0.625. The van der Waals surface area contributed by atoms with E-state index in [2.05, 4.69) is 10.1 Å². The highest BCUT2D eigenvalue weighted by molar-refractivity contribution is 7.71. The van der Waals surface area contributed by atoms with Gasteiger partial charge in [0.2, 0.25) is 0 Å². The molecule has 7 heteroatoms. The van der Waals surface area contributed by atoms with Crippen molar-refractivity contribution in [3.05, 3.63) is 39.5 Å². The van der Waals surface area contributed by atoms with Gasteiger partial charge in [0.1, 0.15) is 11.3 Å². The first-order valence-electron chi connectivity index (χ1n) is 6.16. The van der Waals surface area contributed by atoms with Crippen LogP contribution in [-0.4, -0.2) is 19.3 Å². The molecule has 0 saturated carbocycles. The first kappa shape index (κ1) is 13.3. The lowest BCUT2D eigenvalue weighted by Crippen LogP contribution is -2.04. The average molecular weight is 311 g/mol. The number of imidazole rings is 1. The van der Waals surface area contributed by atoms with Gasteiger partial charge in [-0.05, 0) is 44.3 Å². The maximum atomic E-state index is 13.5.